The van der Waals surface area contributed by atoms with Gasteiger partial charge in [-0.1, -0.05) is 30.3 Å². The first-order valence-corrected chi connectivity index (χ1v) is 11.1. The zero-order valence-electron chi connectivity index (χ0n) is 19.8. The lowest BCUT2D eigenvalue weighted by Gasteiger charge is -2.18. The first kappa shape index (κ1) is 23.0. The Kier molecular flexibility index (Phi) is 6.92. The standard InChI is InChI=1S/C27H29N3O4/c1-17-8-7-10-21(25(17)30-19-14-23(32-2)26(34-4)24(15-19)33-3)27(31)28-13-12-18-16-29-22-11-6-5-9-20(18)22/h5-11,14-16,29-30H,12-13H2,1-4H3,(H,28,31). The summed E-state index contributed by atoms with van der Waals surface area (Å²) < 4.78 is 16.3. The van der Waals surface area contributed by atoms with Crippen LogP contribution < -0.4 is 24.8 Å². The van der Waals surface area contributed by atoms with Crippen molar-refractivity contribution in [3.63, 3.8) is 0 Å². The molecule has 0 saturated heterocycles. The number of hydrogen-bond acceptors (Lipinski definition) is 5. The van der Waals surface area contributed by atoms with Gasteiger partial charge in [-0.2, -0.15) is 0 Å². The molecule has 4 aromatic rings. The number of amides is 1. The van der Waals surface area contributed by atoms with Gasteiger partial charge in [0.05, 0.1) is 32.6 Å². The lowest BCUT2D eigenvalue weighted by Crippen LogP contribution is -2.26. The molecule has 3 N–H and O–H groups in total. The zero-order chi connectivity index (χ0) is 24.1. The average molecular weight is 460 g/mol. The summed E-state index contributed by atoms with van der Waals surface area (Å²) in [5, 5.41) is 7.60. The van der Waals surface area contributed by atoms with Gasteiger partial charge in [0.2, 0.25) is 5.75 Å². The Morgan fingerprint density at radius 2 is 1.68 bits per heavy atom. The fraction of sp³-hybridized carbons (Fsp3) is 0.222. The molecule has 1 amide bonds. The molecule has 0 fully saturated rings. The number of para-hydroxylation sites is 2. The topological polar surface area (TPSA) is 84.6 Å². The number of methoxy groups -OCH3 is 3. The van der Waals surface area contributed by atoms with E-state index in [0.29, 0.717) is 29.4 Å². The Morgan fingerprint density at radius 1 is 0.941 bits per heavy atom. The van der Waals surface area contributed by atoms with Gasteiger partial charge in [-0.25, -0.2) is 0 Å². The highest BCUT2D eigenvalue weighted by Crippen LogP contribution is 2.41. The third-order valence-corrected chi connectivity index (χ3v) is 5.81. The summed E-state index contributed by atoms with van der Waals surface area (Å²) in [5.41, 5.74) is 5.22. The quantitative estimate of drug-likeness (QED) is 0.320. The van der Waals surface area contributed by atoms with E-state index in [9.17, 15) is 4.79 Å². The molecule has 3 aromatic carbocycles. The van der Waals surface area contributed by atoms with Gasteiger partial charge in [0.25, 0.3) is 5.91 Å². The van der Waals surface area contributed by atoms with E-state index in [2.05, 4.69) is 21.7 Å². The Hall–Kier alpha value is -4.13. The highest BCUT2D eigenvalue weighted by Gasteiger charge is 2.17. The van der Waals surface area contributed by atoms with Crippen molar-refractivity contribution in [1.82, 2.24) is 10.3 Å². The molecule has 176 valence electrons. The lowest BCUT2D eigenvalue weighted by atomic mass is 10.1. The first-order valence-electron chi connectivity index (χ1n) is 11.1. The molecule has 7 nitrogen and oxygen atoms in total. The Balaban J connectivity index is 1.53. The summed E-state index contributed by atoms with van der Waals surface area (Å²) in [7, 11) is 4.70. The van der Waals surface area contributed by atoms with Gasteiger partial charge in [0.1, 0.15) is 0 Å². The number of ether oxygens (including phenoxy) is 3. The van der Waals surface area contributed by atoms with E-state index in [1.165, 1.54) is 10.9 Å². The van der Waals surface area contributed by atoms with Crippen LogP contribution in [0, 0.1) is 6.92 Å². The smallest absolute Gasteiger partial charge is 0.253 e. The van der Waals surface area contributed by atoms with Gasteiger partial charge in [-0.05, 0) is 36.6 Å². The second kappa shape index (κ2) is 10.2. The van der Waals surface area contributed by atoms with Crippen molar-refractivity contribution >= 4 is 28.2 Å². The molecule has 0 saturated carbocycles. The number of anilines is 2. The molecule has 0 spiro atoms. The van der Waals surface area contributed by atoms with E-state index in [0.717, 1.165) is 28.9 Å². The summed E-state index contributed by atoms with van der Waals surface area (Å²) in [4.78, 5) is 16.4. The molecule has 0 atom stereocenters. The van der Waals surface area contributed by atoms with Crippen LogP contribution in [0.25, 0.3) is 10.9 Å². The predicted octanol–water partition coefficient (Wildman–Crippen LogP) is 5.22. The number of aromatic nitrogens is 1. The maximum absolute atomic E-state index is 13.1. The third kappa shape index (κ3) is 4.64. The van der Waals surface area contributed by atoms with Crippen LogP contribution in [0.1, 0.15) is 21.5 Å². The molecule has 1 heterocycles. The molecular formula is C27H29N3O4. The summed E-state index contributed by atoms with van der Waals surface area (Å²) in [5.74, 6) is 1.43. The Morgan fingerprint density at radius 3 is 2.38 bits per heavy atom. The van der Waals surface area contributed by atoms with Crippen LogP contribution >= 0.6 is 0 Å². The Labute approximate surface area is 199 Å². The van der Waals surface area contributed by atoms with Crippen LogP contribution in [-0.4, -0.2) is 38.8 Å². The maximum atomic E-state index is 13.1. The van der Waals surface area contributed by atoms with Gasteiger partial charge in [0.15, 0.2) is 11.5 Å². The normalized spacial score (nSPS) is 10.7. The first-order chi connectivity index (χ1) is 16.5. The monoisotopic (exact) mass is 459 g/mol. The number of H-pyrrole nitrogens is 1. The number of carbonyl (C=O) groups excluding carboxylic acids is 1. The van der Waals surface area contributed by atoms with Crippen molar-refractivity contribution in [2.24, 2.45) is 0 Å². The van der Waals surface area contributed by atoms with Gasteiger partial charge < -0.3 is 29.8 Å². The van der Waals surface area contributed by atoms with Crippen molar-refractivity contribution in [1.29, 1.82) is 0 Å². The largest absolute Gasteiger partial charge is 0.493 e. The molecule has 0 aliphatic heterocycles. The average Bonchev–Trinajstić information content (AvgIpc) is 3.27. The van der Waals surface area contributed by atoms with E-state index in [1.54, 1.807) is 21.3 Å². The van der Waals surface area contributed by atoms with Crippen molar-refractivity contribution < 1.29 is 19.0 Å². The van der Waals surface area contributed by atoms with E-state index >= 15 is 0 Å². The number of aromatic amines is 1. The van der Waals surface area contributed by atoms with Gasteiger partial charge in [-0.3, -0.25) is 4.79 Å². The number of benzene rings is 3. The summed E-state index contributed by atoms with van der Waals surface area (Å²) in [6.07, 6.45) is 2.73. The highest BCUT2D eigenvalue weighted by molar-refractivity contribution is 6.01. The van der Waals surface area contributed by atoms with E-state index in [1.807, 2.05) is 61.7 Å². The maximum Gasteiger partial charge on any atom is 0.253 e. The predicted molar refractivity (Wildman–Crippen MR) is 135 cm³/mol. The molecule has 4 rings (SSSR count). The van der Waals surface area contributed by atoms with Gasteiger partial charge in [-0.15, -0.1) is 0 Å². The van der Waals surface area contributed by atoms with Crippen molar-refractivity contribution in [3.05, 3.63) is 77.5 Å². The summed E-state index contributed by atoms with van der Waals surface area (Å²) in [6.45, 7) is 2.49. The van der Waals surface area contributed by atoms with Crippen LogP contribution in [-0.2, 0) is 6.42 Å². The SMILES string of the molecule is COc1cc(Nc2c(C)cccc2C(=O)NCCc2c[nH]c3ccccc23)cc(OC)c1OC. The van der Waals surface area contributed by atoms with E-state index in [-0.39, 0.29) is 5.91 Å². The van der Waals surface area contributed by atoms with Crippen molar-refractivity contribution in [2.75, 3.05) is 33.2 Å². The minimum Gasteiger partial charge on any atom is -0.493 e. The number of aryl methyl sites for hydroxylation is 1. The molecule has 1 aromatic heterocycles. The number of carbonyl (C=O) groups is 1. The van der Waals surface area contributed by atoms with Crippen molar-refractivity contribution in [2.45, 2.75) is 13.3 Å². The molecule has 0 unspecified atom stereocenters. The zero-order valence-corrected chi connectivity index (χ0v) is 19.8. The molecule has 7 heteroatoms. The Bertz CT molecular complexity index is 1290. The number of rotatable bonds is 9. The van der Waals surface area contributed by atoms with E-state index in [4.69, 9.17) is 14.2 Å². The fourth-order valence-electron chi connectivity index (χ4n) is 4.06. The number of fused-ring (bicyclic) bond motifs is 1. The molecule has 34 heavy (non-hydrogen) atoms. The van der Waals surface area contributed by atoms with Gasteiger partial charge in [0, 0.05) is 41.5 Å². The molecular weight excluding hydrogens is 430 g/mol. The minimum atomic E-state index is -0.140. The summed E-state index contributed by atoms with van der Waals surface area (Å²) in [6, 6.07) is 17.4. The minimum absolute atomic E-state index is 0.140. The van der Waals surface area contributed by atoms with E-state index < -0.39 is 0 Å². The molecule has 0 bridgehead atoms. The lowest BCUT2D eigenvalue weighted by molar-refractivity contribution is 0.0955. The second-order valence-corrected chi connectivity index (χ2v) is 7.90. The highest BCUT2D eigenvalue weighted by atomic mass is 16.5. The number of hydrogen-bond donors (Lipinski definition) is 3. The van der Waals surface area contributed by atoms with Crippen LogP contribution in [0.3, 0.4) is 0 Å². The van der Waals surface area contributed by atoms with Crippen LogP contribution in [0.5, 0.6) is 17.2 Å². The molecule has 0 radical (unpaired) electrons. The summed E-state index contributed by atoms with van der Waals surface area (Å²) >= 11 is 0. The molecule has 0 aliphatic carbocycles. The van der Waals surface area contributed by atoms with Crippen LogP contribution in [0.4, 0.5) is 11.4 Å². The number of nitrogens with one attached hydrogen (secondary N) is 3. The van der Waals surface area contributed by atoms with Crippen molar-refractivity contribution in [3.8, 4) is 17.2 Å². The molecule has 0 aliphatic rings. The second-order valence-electron chi connectivity index (χ2n) is 7.90. The third-order valence-electron chi connectivity index (χ3n) is 5.81. The van der Waals surface area contributed by atoms with Gasteiger partial charge >= 0.3 is 0 Å². The van der Waals surface area contributed by atoms with Crippen LogP contribution in [0.2, 0.25) is 0 Å². The van der Waals surface area contributed by atoms with Crippen LogP contribution in [0.15, 0.2) is 60.8 Å². The fourth-order valence-corrected chi connectivity index (χ4v) is 4.06.